The smallest absolute Gasteiger partial charge is 0.258 e. The Labute approximate surface area is 131 Å². The molecule has 122 valence electrons. The topological polar surface area (TPSA) is 75.7 Å². The van der Waals surface area contributed by atoms with Gasteiger partial charge in [-0.1, -0.05) is 17.7 Å². The van der Waals surface area contributed by atoms with Gasteiger partial charge in [0.25, 0.3) is 5.91 Å². The van der Waals surface area contributed by atoms with Crippen LogP contribution in [0, 0.1) is 6.92 Å². The molecule has 1 fully saturated rings. The number of hydrogen-bond acceptors (Lipinski definition) is 4. The lowest BCUT2D eigenvalue weighted by molar-refractivity contribution is -0.124. The number of aryl methyl sites for hydroxylation is 1. The fourth-order valence-corrected chi connectivity index (χ4v) is 3.33. The zero-order valence-corrected chi connectivity index (χ0v) is 13.7. The highest BCUT2D eigenvalue weighted by Gasteiger charge is 2.26. The van der Waals surface area contributed by atoms with Gasteiger partial charge in [0.2, 0.25) is 10.0 Å². The number of benzene rings is 1. The molecule has 1 atom stereocenters. The molecule has 1 saturated heterocycles. The van der Waals surface area contributed by atoms with Crippen molar-refractivity contribution in [2.24, 2.45) is 0 Å². The highest BCUT2D eigenvalue weighted by molar-refractivity contribution is 7.88. The predicted molar refractivity (Wildman–Crippen MR) is 84.3 cm³/mol. The molecule has 1 aliphatic heterocycles. The number of rotatable bonds is 5. The second-order valence-corrected chi connectivity index (χ2v) is 7.61. The Morgan fingerprint density at radius 3 is 2.68 bits per heavy atom. The quantitative estimate of drug-likeness (QED) is 0.873. The van der Waals surface area contributed by atoms with E-state index >= 15 is 0 Å². The summed E-state index contributed by atoms with van der Waals surface area (Å²) in [5.74, 6) is 0.406. The molecule has 1 amide bonds. The molecule has 1 aliphatic rings. The number of amides is 1. The fraction of sp³-hybridized carbons (Fsp3) is 0.533. The minimum Gasteiger partial charge on any atom is -0.484 e. The molecule has 6 nitrogen and oxygen atoms in total. The van der Waals surface area contributed by atoms with Gasteiger partial charge < -0.3 is 10.1 Å². The molecule has 0 aliphatic carbocycles. The number of ether oxygens (including phenoxy) is 1. The summed E-state index contributed by atoms with van der Waals surface area (Å²) < 4.78 is 29.9. The molecule has 0 radical (unpaired) electrons. The highest BCUT2D eigenvalue weighted by atomic mass is 32.2. The highest BCUT2D eigenvalue weighted by Crippen LogP contribution is 2.14. The van der Waals surface area contributed by atoms with Crippen LogP contribution in [0.15, 0.2) is 24.3 Å². The van der Waals surface area contributed by atoms with Crippen molar-refractivity contribution < 1.29 is 17.9 Å². The second kappa shape index (κ2) is 7.11. The number of nitrogens with zero attached hydrogens (tertiary/aromatic N) is 1. The van der Waals surface area contributed by atoms with Crippen LogP contribution in [0.4, 0.5) is 0 Å². The van der Waals surface area contributed by atoms with Crippen molar-refractivity contribution in [3.8, 4) is 5.75 Å². The molecule has 0 aromatic heterocycles. The van der Waals surface area contributed by atoms with Crippen LogP contribution in [0.3, 0.4) is 0 Å². The molecule has 0 saturated carbocycles. The van der Waals surface area contributed by atoms with Crippen molar-refractivity contribution >= 4 is 15.9 Å². The molecule has 1 aromatic carbocycles. The molecule has 22 heavy (non-hydrogen) atoms. The van der Waals surface area contributed by atoms with Gasteiger partial charge in [-0.2, -0.15) is 0 Å². The van der Waals surface area contributed by atoms with Crippen molar-refractivity contribution in [1.29, 1.82) is 0 Å². The predicted octanol–water partition coefficient (Wildman–Crippen LogP) is 0.914. The van der Waals surface area contributed by atoms with E-state index in [4.69, 9.17) is 4.74 Å². The molecule has 1 unspecified atom stereocenters. The lowest BCUT2D eigenvalue weighted by atomic mass is 10.1. The van der Waals surface area contributed by atoms with Gasteiger partial charge in [-0.25, -0.2) is 12.7 Å². The fourth-order valence-electron chi connectivity index (χ4n) is 2.41. The number of hydrogen-bond donors (Lipinski definition) is 1. The van der Waals surface area contributed by atoms with Crippen LogP contribution in [0.2, 0.25) is 0 Å². The monoisotopic (exact) mass is 326 g/mol. The minimum atomic E-state index is -3.20. The lowest BCUT2D eigenvalue weighted by Crippen LogP contribution is -2.50. The van der Waals surface area contributed by atoms with Crippen molar-refractivity contribution in [2.45, 2.75) is 25.8 Å². The van der Waals surface area contributed by atoms with Gasteiger partial charge in [0.1, 0.15) is 5.75 Å². The molecule has 0 bridgehead atoms. The van der Waals surface area contributed by atoms with Crippen molar-refractivity contribution in [1.82, 2.24) is 9.62 Å². The van der Waals surface area contributed by atoms with Gasteiger partial charge in [0.15, 0.2) is 6.61 Å². The zero-order chi connectivity index (χ0) is 16.2. The molecule has 1 N–H and O–H groups in total. The Kier molecular flexibility index (Phi) is 5.42. The van der Waals surface area contributed by atoms with Gasteiger partial charge in [-0.05, 0) is 31.9 Å². The summed E-state index contributed by atoms with van der Waals surface area (Å²) in [5.41, 5.74) is 1.12. The average molecular weight is 326 g/mol. The Bertz CT molecular complexity index is 613. The third-order valence-electron chi connectivity index (χ3n) is 3.61. The Morgan fingerprint density at radius 2 is 2.05 bits per heavy atom. The Balaban J connectivity index is 1.80. The molecule has 0 spiro atoms. The van der Waals surface area contributed by atoms with E-state index in [0.29, 0.717) is 18.8 Å². The van der Waals surface area contributed by atoms with E-state index in [9.17, 15) is 13.2 Å². The van der Waals surface area contributed by atoms with Crippen molar-refractivity contribution in [3.05, 3.63) is 29.8 Å². The Hall–Kier alpha value is -1.60. The molecule has 1 heterocycles. The van der Waals surface area contributed by atoms with E-state index in [1.54, 1.807) is 0 Å². The van der Waals surface area contributed by atoms with Crippen LogP contribution in [0.25, 0.3) is 0 Å². The summed E-state index contributed by atoms with van der Waals surface area (Å²) in [6, 6.07) is 7.30. The first-order valence-corrected chi connectivity index (χ1v) is 9.13. The third kappa shape index (κ3) is 4.99. The van der Waals surface area contributed by atoms with Gasteiger partial charge >= 0.3 is 0 Å². The number of sulfonamides is 1. The van der Waals surface area contributed by atoms with Gasteiger partial charge in [-0.15, -0.1) is 0 Å². The summed E-state index contributed by atoms with van der Waals surface area (Å²) >= 11 is 0. The standard InChI is InChI=1S/C15H22N2O4S/c1-12-5-7-14(8-6-12)21-11-15(18)16-13-4-3-9-17(10-13)22(2,19)20/h5-8,13H,3-4,9-11H2,1-2H3,(H,16,18). The average Bonchev–Trinajstić information content (AvgIpc) is 2.46. The summed E-state index contributed by atoms with van der Waals surface area (Å²) in [6.07, 6.45) is 2.72. The van der Waals surface area contributed by atoms with Crippen molar-refractivity contribution in [2.75, 3.05) is 26.0 Å². The van der Waals surface area contributed by atoms with E-state index in [1.807, 2.05) is 31.2 Å². The second-order valence-electron chi connectivity index (χ2n) is 5.63. The first-order chi connectivity index (χ1) is 10.3. The SMILES string of the molecule is Cc1ccc(OCC(=O)NC2CCCN(S(C)(=O)=O)C2)cc1. The summed E-state index contributed by atoms with van der Waals surface area (Å²) in [6.45, 7) is 2.76. The molecule has 2 rings (SSSR count). The maximum atomic E-state index is 11.9. The van der Waals surface area contributed by atoms with Crippen LogP contribution in [0.5, 0.6) is 5.75 Å². The van der Waals surface area contributed by atoms with Crippen LogP contribution in [-0.2, 0) is 14.8 Å². The number of piperidine rings is 1. The van der Waals surface area contributed by atoms with Crippen molar-refractivity contribution in [3.63, 3.8) is 0 Å². The first kappa shape index (κ1) is 16.8. The Morgan fingerprint density at radius 1 is 1.36 bits per heavy atom. The summed E-state index contributed by atoms with van der Waals surface area (Å²) in [4.78, 5) is 11.9. The van der Waals surface area contributed by atoms with E-state index < -0.39 is 10.0 Å². The normalized spacial score (nSPS) is 19.6. The van der Waals surface area contributed by atoms with E-state index in [1.165, 1.54) is 10.6 Å². The minimum absolute atomic E-state index is 0.0710. The van der Waals surface area contributed by atoms with Crippen LogP contribution < -0.4 is 10.1 Å². The maximum absolute atomic E-state index is 11.9. The molecular weight excluding hydrogens is 304 g/mol. The van der Waals surface area contributed by atoms with E-state index in [0.717, 1.165) is 18.4 Å². The number of carbonyl (C=O) groups is 1. The summed E-state index contributed by atoms with van der Waals surface area (Å²) in [5, 5.41) is 2.83. The van der Waals surface area contributed by atoms with Crippen LogP contribution in [-0.4, -0.2) is 50.6 Å². The molecule has 1 aromatic rings. The molecular formula is C15H22N2O4S. The van der Waals surface area contributed by atoms with E-state index in [2.05, 4.69) is 5.32 Å². The largest absolute Gasteiger partial charge is 0.484 e. The number of carbonyl (C=O) groups excluding carboxylic acids is 1. The van der Waals surface area contributed by atoms with E-state index in [-0.39, 0.29) is 18.6 Å². The third-order valence-corrected chi connectivity index (χ3v) is 4.88. The van der Waals surface area contributed by atoms with Gasteiger partial charge in [0.05, 0.1) is 6.26 Å². The van der Waals surface area contributed by atoms with Crippen LogP contribution in [0.1, 0.15) is 18.4 Å². The van der Waals surface area contributed by atoms with Gasteiger partial charge in [-0.3, -0.25) is 4.79 Å². The number of nitrogens with one attached hydrogen (secondary N) is 1. The zero-order valence-electron chi connectivity index (χ0n) is 12.9. The first-order valence-electron chi connectivity index (χ1n) is 7.28. The van der Waals surface area contributed by atoms with Gasteiger partial charge in [0, 0.05) is 19.1 Å². The molecule has 7 heteroatoms. The maximum Gasteiger partial charge on any atom is 0.258 e. The van der Waals surface area contributed by atoms with Crippen LogP contribution >= 0.6 is 0 Å². The summed E-state index contributed by atoms with van der Waals surface area (Å²) in [7, 11) is -3.20. The lowest BCUT2D eigenvalue weighted by Gasteiger charge is -2.31.